The van der Waals surface area contributed by atoms with Crippen molar-refractivity contribution < 1.29 is 18.6 Å². The molecule has 3 heterocycles. The largest absolute Gasteiger partial charge is 0.363 e. The van der Waals surface area contributed by atoms with Gasteiger partial charge in [-0.05, 0) is 34.9 Å². The lowest BCUT2D eigenvalue weighted by Gasteiger charge is -2.50. The Morgan fingerprint density at radius 3 is 1.92 bits per heavy atom. The molecule has 6 rings (SSSR count). The summed E-state index contributed by atoms with van der Waals surface area (Å²) in [5.41, 5.74) is 1.44. The summed E-state index contributed by atoms with van der Waals surface area (Å²) < 4.78 is 29.2. The van der Waals surface area contributed by atoms with Crippen LogP contribution in [-0.4, -0.2) is 81.9 Å². The first-order valence-corrected chi connectivity index (χ1v) is 18.4. The Kier molecular flexibility index (Phi) is 10.2. The Morgan fingerprint density at radius 1 is 0.896 bits per heavy atom. The van der Waals surface area contributed by atoms with Crippen molar-refractivity contribution in [2.75, 3.05) is 45.9 Å². The molecule has 0 spiro atoms. The number of hydrogen-bond donors (Lipinski definition) is 1. The van der Waals surface area contributed by atoms with Gasteiger partial charge >= 0.3 is 12.6 Å². The van der Waals surface area contributed by atoms with E-state index < -0.39 is 36.0 Å². The zero-order chi connectivity index (χ0) is 33.9. The zero-order valence-corrected chi connectivity index (χ0v) is 28.6. The van der Waals surface area contributed by atoms with Crippen LogP contribution in [-0.2, 0) is 24.2 Å². The molecule has 11 nitrogen and oxygen atoms in total. The van der Waals surface area contributed by atoms with Crippen molar-refractivity contribution in [1.29, 1.82) is 0 Å². The minimum absolute atomic E-state index is 0.0480. The van der Waals surface area contributed by atoms with Gasteiger partial charge in [-0.3, -0.25) is 28.6 Å². The molecule has 1 N–H and O–H groups in total. The number of morpholine rings is 1. The number of piperazine rings is 1. The van der Waals surface area contributed by atoms with Crippen molar-refractivity contribution in [2.45, 2.75) is 31.7 Å². The number of ether oxygens (including phenoxy) is 1. The van der Waals surface area contributed by atoms with E-state index in [0.29, 0.717) is 38.3 Å². The Morgan fingerprint density at radius 2 is 1.42 bits per heavy atom. The van der Waals surface area contributed by atoms with E-state index in [1.54, 1.807) is 16.5 Å². The van der Waals surface area contributed by atoms with Crippen molar-refractivity contribution in [1.82, 2.24) is 24.0 Å². The number of halogens is 1. The lowest BCUT2D eigenvalue weighted by molar-refractivity contribution is -0.148. The molecule has 4 aromatic rings. The fourth-order valence-corrected chi connectivity index (χ4v) is 8.52. The predicted molar refractivity (Wildman–Crippen MR) is 184 cm³/mol. The van der Waals surface area contributed by atoms with Gasteiger partial charge in [-0.1, -0.05) is 91.0 Å². The van der Waals surface area contributed by atoms with E-state index in [1.165, 1.54) is 17.7 Å². The third-order valence-corrected chi connectivity index (χ3v) is 11.6. The Hall–Kier alpha value is -3.83. The Balaban J connectivity index is 1.42. The highest BCUT2D eigenvalue weighted by Gasteiger charge is 2.47. The first kappa shape index (κ1) is 34.0. The molecule has 2 saturated heterocycles. The van der Waals surface area contributed by atoms with Crippen molar-refractivity contribution in [3.05, 3.63) is 140 Å². The second kappa shape index (κ2) is 14.3. The minimum Gasteiger partial charge on any atom is -0.350 e. The van der Waals surface area contributed by atoms with E-state index in [1.807, 2.05) is 54.6 Å². The second-order valence-electron chi connectivity index (χ2n) is 12.1. The molecule has 0 saturated carbocycles. The number of rotatable bonds is 9. The molecule has 3 atom stereocenters. The quantitative estimate of drug-likeness (QED) is 0.201. The highest BCUT2D eigenvalue weighted by Crippen LogP contribution is 2.56. The number of carbonyl (C=O) groups excluding carboxylic acids is 1. The molecule has 0 bridgehead atoms. The average molecular weight is 692 g/mol. The van der Waals surface area contributed by atoms with Gasteiger partial charge in [-0.15, -0.1) is 0 Å². The van der Waals surface area contributed by atoms with Gasteiger partial charge in [0.15, 0.2) is 6.23 Å². The molecule has 3 aromatic carbocycles. The van der Waals surface area contributed by atoms with E-state index in [2.05, 4.69) is 46.3 Å². The number of aromatic amines is 1. The molecule has 252 valence electrons. The van der Waals surface area contributed by atoms with Gasteiger partial charge in [0.05, 0.1) is 18.2 Å². The van der Waals surface area contributed by atoms with Crippen molar-refractivity contribution >= 4 is 24.0 Å². The second-order valence-corrected chi connectivity index (χ2v) is 15.1. The van der Waals surface area contributed by atoms with Crippen LogP contribution < -0.4 is 11.2 Å². The number of nitrogens with one attached hydrogen (secondary N) is 1. The number of H-pyrrole nitrogens is 1. The molecular formula is C35H39ClN5O6P. The number of hydrogen-bond acceptors (Lipinski definition) is 7. The number of nitrogens with zero attached hydrogens (tertiary/aromatic N) is 4. The zero-order valence-electron chi connectivity index (χ0n) is 26.9. The van der Waals surface area contributed by atoms with Crippen molar-refractivity contribution in [3.8, 4) is 0 Å². The van der Waals surface area contributed by atoms with Gasteiger partial charge in [-0.2, -0.15) is 0 Å². The molecular weight excluding hydrogens is 653 g/mol. The van der Waals surface area contributed by atoms with E-state index in [0.717, 1.165) is 16.7 Å². The van der Waals surface area contributed by atoms with E-state index in [9.17, 15) is 18.9 Å². The van der Waals surface area contributed by atoms with Gasteiger partial charge in [0.1, 0.15) is 0 Å². The summed E-state index contributed by atoms with van der Waals surface area (Å²) in [6.07, 6.45) is -0.0348. The van der Waals surface area contributed by atoms with E-state index >= 15 is 0 Å². The molecule has 0 aliphatic carbocycles. The maximum Gasteiger partial charge on any atom is 0.363 e. The van der Waals surface area contributed by atoms with Gasteiger partial charge in [0, 0.05) is 58.0 Å². The molecule has 2 aliphatic heterocycles. The number of aromatic nitrogens is 2. The number of carbonyl (C=O) groups is 1. The summed E-state index contributed by atoms with van der Waals surface area (Å²) in [5.74, 6) is -0.0480. The molecule has 1 aromatic heterocycles. The van der Waals surface area contributed by atoms with Crippen LogP contribution in [0.5, 0.6) is 0 Å². The van der Waals surface area contributed by atoms with Crippen LogP contribution in [0.2, 0.25) is 0 Å². The summed E-state index contributed by atoms with van der Waals surface area (Å²) in [6.45, 7) is 1.21. The summed E-state index contributed by atoms with van der Waals surface area (Å²) in [4.78, 5) is 43.7. The van der Waals surface area contributed by atoms with Crippen molar-refractivity contribution in [2.24, 2.45) is 0 Å². The maximum atomic E-state index is 13.7. The maximum absolute atomic E-state index is 13.7. The highest BCUT2D eigenvalue weighted by atomic mass is 35.7. The molecule has 3 unspecified atom stereocenters. The monoisotopic (exact) mass is 691 g/mol. The molecule has 1 amide bonds. The van der Waals surface area contributed by atoms with Gasteiger partial charge in [0.25, 0.3) is 5.56 Å². The number of benzene rings is 3. The Labute approximate surface area is 284 Å². The first-order valence-electron chi connectivity index (χ1n) is 15.9. The van der Waals surface area contributed by atoms with Crippen LogP contribution >= 0.6 is 18.1 Å². The van der Waals surface area contributed by atoms with Crippen LogP contribution in [0.1, 0.15) is 35.4 Å². The van der Waals surface area contributed by atoms with Gasteiger partial charge < -0.3 is 14.2 Å². The summed E-state index contributed by atoms with van der Waals surface area (Å²) in [5, 5.41) is 0. The standard InChI is InChI=1S/C35H39ClN5O6P/c1-26-22-41(34(44)37-33(26)43)32-24-39(23-31(47-32)25-46-48(36,45)40-20-18-38(19-21-40)27(2)42)35(28-12-6-3-7-13-28,29-14-8-4-9-15-29)30-16-10-5-11-17-30/h3-17,22,31-32H,18-21,23-25H2,1-2H3,(H,37,43,44). The molecule has 0 radical (unpaired) electrons. The van der Waals surface area contributed by atoms with E-state index in [-0.39, 0.29) is 19.1 Å². The normalized spacial score (nSPS) is 20.7. The smallest absolute Gasteiger partial charge is 0.350 e. The third-order valence-electron chi connectivity index (χ3n) is 9.11. The molecule has 2 fully saturated rings. The Bertz CT molecular complexity index is 1790. The number of amides is 1. The van der Waals surface area contributed by atoms with Crippen LogP contribution in [0.25, 0.3) is 0 Å². The fourth-order valence-electron chi connectivity index (χ4n) is 6.73. The molecule has 48 heavy (non-hydrogen) atoms. The first-order chi connectivity index (χ1) is 23.1. The minimum atomic E-state index is -3.79. The summed E-state index contributed by atoms with van der Waals surface area (Å²) >= 11 is 6.58. The highest BCUT2D eigenvalue weighted by molar-refractivity contribution is 7.83. The lowest BCUT2D eigenvalue weighted by atomic mass is 9.75. The fraction of sp³-hybridized carbons (Fsp3) is 0.343. The van der Waals surface area contributed by atoms with E-state index in [4.69, 9.17) is 20.5 Å². The summed E-state index contributed by atoms with van der Waals surface area (Å²) in [7, 11) is 0. The summed E-state index contributed by atoms with van der Waals surface area (Å²) in [6, 6.07) is 30.4. The average Bonchev–Trinajstić information content (AvgIpc) is 3.11. The van der Waals surface area contributed by atoms with Gasteiger partial charge in [-0.25, -0.2) is 9.46 Å². The predicted octanol–water partition coefficient (Wildman–Crippen LogP) is 4.56. The third kappa shape index (κ3) is 6.85. The topological polar surface area (TPSA) is 117 Å². The van der Waals surface area contributed by atoms with Crippen LogP contribution in [0.4, 0.5) is 0 Å². The number of aryl methyl sites for hydroxylation is 1. The van der Waals surface area contributed by atoms with Crippen LogP contribution in [0, 0.1) is 6.92 Å². The van der Waals surface area contributed by atoms with Gasteiger partial charge in [0.2, 0.25) is 5.91 Å². The van der Waals surface area contributed by atoms with Crippen LogP contribution in [0.15, 0.2) is 107 Å². The van der Waals surface area contributed by atoms with Crippen molar-refractivity contribution in [3.63, 3.8) is 0 Å². The molecule has 2 aliphatic rings. The molecule has 13 heteroatoms. The SMILES string of the molecule is CC(=O)N1CCN(P(=O)(Cl)OCC2CN(C(c3ccccc3)(c3ccccc3)c3ccccc3)CC(n3cc(C)c(=O)[nH]c3=O)O2)CC1. The van der Waals surface area contributed by atoms with Crippen LogP contribution in [0.3, 0.4) is 0 Å². The lowest BCUT2D eigenvalue weighted by Crippen LogP contribution is -2.58.